The topological polar surface area (TPSA) is 55.1 Å². The van der Waals surface area contributed by atoms with Crippen LogP contribution in [0.15, 0.2) is 45.8 Å². The quantitative estimate of drug-likeness (QED) is 0.595. The first-order valence-corrected chi connectivity index (χ1v) is 8.04. The van der Waals surface area contributed by atoms with Crippen molar-refractivity contribution in [3.8, 4) is 0 Å². The van der Waals surface area contributed by atoms with E-state index >= 15 is 0 Å². The first-order chi connectivity index (χ1) is 9.95. The summed E-state index contributed by atoms with van der Waals surface area (Å²) in [5.74, 6) is -0.703. The molecule has 21 heavy (non-hydrogen) atoms. The average molecular weight is 390 g/mol. The Morgan fingerprint density at radius 3 is 2.81 bits per heavy atom. The first kappa shape index (κ1) is 16.1. The summed E-state index contributed by atoms with van der Waals surface area (Å²) < 4.78 is 14.2. The third-order valence-corrected chi connectivity index (χ3v) is 4.34. The summed E-state index contributed by atoms with van der Waals surface area (Å²) in [6.45, 7) is 0. The molecule has 0 saturated heterocycles. The van der Waals surface area contributed by atoms with Crippen molar-refractivity contribution in [2.75, 3.05) is 16.8 Å². The minimum atomic E-state index is -0.495. The highest BCUT2D eigenvalue weighted by Gasteiger charge is 2.09. The number of benzene rings is 2. The van der Waals surface area contributed by atoms with E-state index in [1.807, 2.05) is 0 Å². The van der Waals surface area contributed by atoms with Crippen LogP contribution in [0.2, 0.25) is 5.02 Å². The molecule has 3 nitrogen and oxygen atoms in total. The third-order valence-electron chi connectivity index (χ3n) is 2.54. The van der Waals surface area contributed by atoms with Crippen molar-refractivity contribution in [1.29, 1.82) is 0 Å². The Hall–Kier alpha value is -1.24. The van der Waals surface area contributed by atoms with E-state index < -0.39 is 5.82 Å². The molecule has 2 aromatic rings. The van der Waals surface area contributed by atoms with Crippen LogP contribution in [0.4, 0.5) is 15.8 Å². The summed E-state index contributed by atoms with van der Waals surface area (Å²) in [6.07, 6.45) is 0. The summed E-state index contributed by atoms with van der Waals surface area (Å²) in [4.78, 5) is 12.6. The number of anilines is 2. The third kappa shape index (κ3) is 4.62. The zero-order valence-corrected chi connectivity index (χ0v) is 13.9. The summed E-state index contributed by atoms with van der Waals surface area (Å²) in [7, 11) is 0. The van der Waals surface area contributed by atoms with Crippen LogP contribution in [0.3, 0.4) is 0 Å². The van der Waals surface area contributed by atoms with Crippen molar-refractivity contribution in [2.45, 2.75) is 4.90 Å². The van der Waals surface area contributed by atoms with Gasteiger partial charge in [0, 0.05) is 20.1 Å². The lowest BCUT2D eigenvalue weighted by atomic mass is 10.3. The van der Waals surface area contributed by atoms with Crippen molar-refractivity contribution in [1.82, 2.24) is 0 Å². The van der Waals surface area contributed by atoms with E-state index in [9.17, 15) is 9.18 Å². The number of hydrogen-bond acceptors (Lipinski definition) is 3. The predicted octanol–water partition coefficient (Wildman–Crippen LogP) is 4.55. The lowest BCUT2D eigenvalue weighted by Crippen LogP contribution is -2.15. The van der Waals surface area contributed by atoms with Gasteiger partial charge in [0.15, 0.2) is 0 Å². The maximum atomic E-state index is 13.6. The van der Waals surface area contributed by atoms with E-state index in [1.165, 1.54) is 23.9 Å². The van der Waals surface area contributed by atoms with Crippen LogP contribution in [-0.2, 0) is 4.79 Å². The SMILES string of the molecule is Nc1ccc(Cl)cc1SCC(=O)Nc1ccc(Br)cc1F. The second-order valence-corrected chi connectivity index (χ2v) is 6.51. The minimum absolute atomic E-state index is 0.111. The highest BCUT2D eigenvalue weighted by molar-refractivity contribution is 9.10. The zero-order chi connectivity index (χ0) is 15.4. The minimum Gasteiger partial charge on any atom is -0.398 e. The van der Waals surface area contributed by atoms with Gasteiger partial charge in [0.05, 0.1) is 11.4 Å². The van der Waals surface area contributed by atoms with Crippen LogP contribution in [0, 0.1) is 5.82 Å². The van der Waals surface area contributed by atoms with Crippen LogP contribution in [0.25, 0.3) is 0 Å². The van der Waals surface area contributed by atoms with Gasteiger partial charge in [-0.3, -0.25) is 4.79 Å². The molecule has 0 unspecified atom stereocenters. The molecule has 1 amide bonds. The van der Waals surface area contributed by atoms with Crippen molar-refractivity contribution in [2.24, 2.45) is 0 Å². The van der Waals surface area contributed by atoms with E-state index in [2.05, 4.69) is 21.2 Å². The van der Waals surface area contributed by atoms with E-state index in [1.54, 1.807) is 24.3 Å². The van der Waals surface area contributed by atoms with E-state index in [4.69, 9.17) is 17.3 Å². The monoisotopic (exact) mass is 388 g/mol. The molecule has 0 fully saturated rings. The number of hydrogen-bond donors (Lipinski definition) is 2. The summed E-state index contributed by atoms with van der Waals surface area (Å²) >= 11 is 10.3. The molecule has 0 heterocycles. The second-order valence-electron chi connectivity index (χ2n) is 4.14. The van der Waals surface area contributed by atoms with E-state index in [0.717, 1.165) is 0 Å². The maximum absolute atomic E-state index is 13.6. The van der Waals surface area contributed by atoms with E-state index in [-0.39, 0.29) is 17.3 Å². The largest absolute Gasteiger partial charge is 0.398 e. The van der Waals surface area contributed by atoms with Gasteiger partial charge < -0.3 is 11.1 Å². The Morgan fingerprint density at radius 2 is 2.10 bits per heavy atom. The van der Waals surface area contributed by atoms with Gasteiger partial charge in [0.2, 0.25) is 5.91 Å². The smallest absolute Gasteiger partial charge is 0.234 e. The summed E-state index contributed by atoms with van der Waals surface area (Å²) in [5, 5.41) is 3.06. The number of rotatable bonds is 4. The van der Waals surface area contributed by atoms with Crippen molar-refractivity contribution in [3.05, 3.63) is 51.7 Å². The molecule has 3 N–H and O–H groups in total. The van der Waals surface area contributed by atoms with Crippen molar-refractivity contribution < 1.29 is 9.18 Å². The Morgan fingerprint density at radius 1 is 1.33 bits per heavy atom. The highest BCUT2D eigenvalue weighted by Crippen LogP contribution is 2.28. The van der Waals surface area contributed by atoms with Gasteiger partial charge in [-0.25, -0.2) is 4.39 Å². The molecule has 0 saturated carbocycles. The number of halogens is 3. The molecular formula is C14H11BrClFN2OS. The fourth-order valence-electron chi connectivity index (χ4n) is 1.55. The normalized spacial score (nSPS) is 10.4. The highest BCUT2D eigenvalue weighted by atomic mass is 79.9. The van der Waals surface area contributed by atoms with Crippen molar-refractivity contribution in [3.63, 3.8) is 0 Å². The Balaban J connectivity index is 1.97. The molecule has 0 bridgehead atoms. The van der Waals surface area contributed by atoms with Gasteiger partial charge >= 0.3 is 0 Å². The summed E-state index contributed by atoms with van der Waals surface area (Å²) in [6, 6.07) is 9.48. The van der Waals surface area contributed by atoms with Gasteiger partial charge in [-0.1, -0.05) is 27.5 Å². The molecule has 0 aliphatic rings. The molecule has 110 valence electrons. The molecule has 0 atom stereocenters. The molecule has 0 aliphatic heterocycles. The Labute approximate surface area is 139 Å². The van der Waals surface area contributed by atoms with Crippen LogP contribution < -0.4 is 11.1 Å². The van der Waals surface area contributed by atoms with Gasteiger partial charge in [0.1, 0.15) is 5.82 Å². The standard InChI is InChI=1S/C14H11BrClFN2OS/c15-8-1-4-12(10(17)5-8)19-14(20)7-21-13-6-9(16)2-3-11(13)18/h1-6H,7,18H2,(H,19,20). The number of amides is 1. The number of thioether (sulfide) groups is 1. The molecule has 0 aliphatic carbocycles. The summed E-state index contributed by atoms with van der Waals surface area (Å²) in [5.41, 5.74) is 6.48. The molecule has 0 spiro atoms. The zero-order valence-electron chi connectivity index (χ0n) is 10.7. The number of nitrogen functional groups attached to an aromatic ring is 1. The van der Waals surface area contributed by atoms with E-state index in [0.29, 0.717) is 20.1 Å². The second kappa shape index (κ2) is 7.15. The molecule has 7 heteroatoms. The Bertz CT molecular complexity index is 684. The van der Waals surface area contributed by atoms with Crippen LogP contribution in [-0.4, -0.2) is 11.7 Å². The molecule has 2 aromatic carbocycles. The van der Waals surface area contributed by atoms with Crippen molar-refractivity contribution >= 4 is 56.6 Å². The molecule has 0 aromatic heterocycles. The molecular weight excluding hydrogens is 379 g/mol. The fraction of sp³-hybridized carbons (Fsp3) is 0.0714. The molecule has 2 rings (SSSR count). The van der Waals surface area contributed by atoms with Gasteiger partial charge in [-0.15, -0.1) is 11.8 Å². The lowest BCUT2D eigenvalue weighted by Gasteiger charge is -2.08. The average Bonchev–Trinajstić information content (AvgIpc) is 2.43. The predicted molar refractivity (Wildman–Crippen MR) is 89.3 cm³/mol. The maximum Gasteiger partial charge on any atom is 0.234 e. The van der Waals surface area contributed by atoms with Crippen LogP contribution >= 0.6 is 39.3 Å². The Kier molecular flexibility index (Phi) is 5.50. The first-order valence-electron chi connectivity index (χ1n) is 5.88. The van der Waals surface area contributed by atoms with Gasteiger partial charge in [-0.05, 0) is 36.4 Å². The fourth-order valence-corrected chi connectivity index (χ4v) is 2.93. The van der Waals surface area contributed by atoms with Crippen LogP contribution in [0.1, 0.15) is 0 Å². The number of carbonyl (C=O) groups excluding carboxylic acids is 1. The number of nitrogens with two attached hydrogens (primary N) is 1. The van der Waals surface area contributed by atoms with Gasteiger partial charge in [-0.2, -0.15) is 0 Å². The lowest BCUT2D eigenvalue weighted by molar-refractivity contribution is -0.113. The van der Waals surface area contributed by atoms with Gasteiger partial charge in [0.25, 0.3) is 0 Å². The molecule has 0 radical (unpaired) electrons. The number of nitrogens with one attached hydrogen (secondary N) is 1. The van der Waals surface area contributed by atoms with Crippen LogP contribution in [0.5, 0.6) is 0 Å². The number of carbonyl (C=O) groups is 1.